The Labute approximate surface area is 125 Å². The van der Waals surface area contributed by atoms with Crippen molar-refractivity contribution in [3.05, 3.63) is 16.5 Å². The van der Waals surface area contributed by atoms with Gasteiger partial charge in [-0.1, -0.05) is 11.6 Å². The first-order valence-electron chi connectivity index (χ1n) is 6.94. The van der Waals surface area contributed by atoms with Crippen molar-refractivity contribution in [1.29, 1.82) is 0 Å². The number of nitrogens with zero attached hydrogens (tertiary/aromatic N) is 3. The monoisotopic (exact) mass is 299 g/mol. The molecule has 0 aromatic carbocycles. The fourth-order valence-corrected chi connectivity index (χ4v) is 2.22. The Morgan fingerprint density at radius 1 is 1.15 bits per heavy atom. The molecule has 0 amide bonds. The number of ether oxygens (including phenoxy) is 2. The maximum atomic E-state index is 6.26. The van der Waals surface area contributed by atoms with Gasteiger partial charge in [-0.25, -0.2) is 9.97 Å². The van der Waals surface area contributed by atoms with E-state index in [4.69, 9.17) is 26.1 Å². The highest BCUT2D eigenvalue weighted by molar-refractivity contribution is 6.30. The molecule has 0 aliphatic heterocycles. The molecule has 1 saturated carbocycles. The molecule has 1 aliphatic carbocycles. The minimum Gasteiger partial charge on any atom is -0.383 e. The predicted octanol–water partition coefficient (Wildman–Crippen LogP) is 2.42. The lowest BCUT2D eigenvalue weighted by atomic mass is 10.3. The molecular weight excluding hydrogens is 278 g/mol. The first-order chi connectivity index (χ1) is 9.67. The molecule has 6 heteroatoms. The van der Waals surface area contributed by atoms with Crippen molar-refractivity contribution in [2.45, 2.75) is 25.7 Å². The zero-order valence-corrected chi connectivity index (χ0v) is 13.1. The summed E-state index contributed by atoms with van der Waals surface area (Å²) < 4.78 is 10.4. The van der Waals surface area contributed by atoms with Gasteiger partial charge in [-0.15, -0.1) is 0 Å². The van der Waals surface area contributed by atoms with E-state index in [1.807, 2.05) is 6.92 Å². The SMILES string of the molecule is COCCN(CCOC)c1nc(C2CC2)nc(Cl)c1C. The average molecular weight is 300 g/mol. The number of methoxy groups -OCH3 is 2. The van der Waals surface area contributed by atoms with Crippen LogP contribution in [0.3, 0.4) is 0 Å². The number of hydrogen-bond donors (Lipinski definition) is 0. The molecule has 0 radical (unpaired) electrons. The predicted molar refractivity (Wildman–Crippen MR) is 79.7 cm³/mol. The molecule has 5 nitrogen and oxygen atoms in total. The van der Waals surface area contributed by atoms with Gasteiger partial charge in [0, 0.05) is 38.8 Å². The van der Waals surface area contributed by atoms with E-state index in [1.54, 1.807) is 14.2 Å². The van der Waals surface area contributed by atoms with E-state index in [0.717, 1.165) is 43.1 Å². The van der Waals surface area contributed by atoms with Crippen molar-refractivity contribution in [1.82, 2.24) is 9.97 Å². The third-order valence-electron chi connectivity index (χ3n) is 3.45. The van der Waals surface area contributed by atoms with Crippen molar-refractivity contribution in [3.63, 3.8) is 0 Å². The minimum absolute atomic E-state index is 0.485. The van der Waals surface area contributed by atoms with Gasteiger partial charge in [0.05, 0.1) is 13.2 Å². The molecule has 1 aliphatic rings. The van der Waals surface area contributed by atoms with Crippen LogP contribution in [0.1, 0.15) is 30.1 Å². The first kappa shape index (κ1) is 15.5. The Morgan fingerprint density at radius 2 is 1.75 bits per heavy atom. The Balaban J connectivity index is 2.24. The molecule has 0 saturated heterocycles. The number of aromatic nitrogens is 2. The highest BCUT2D eigenvalue weighted by Gasteiger charge is 2.28. The first-order valence-corrected chi connectivity index (χ1v) is 7.32. The summed E-state index contributed by atoms with van der Waals surface area (Å²) in [6.45, 7) is 4.77. The van der Waals surface area contributed by atoms with E-state index in [2.05, 4.69) is 9.88 Å². The fourth-order valence-electron chi connectivity index (χ4n) is 2.05. The van der Waals surface area contributed by atoms with Crippen molar-refractivity contribution in [3.8, 4) is 0 Å². The molecule has 1 aromatic rings. The molecule has 2 rings (SSSR count). The van der Waals surface area contributed by atoms with Gasteiger partial charge < -0.3 is 14.4 Å². The Bertz CT molecular complexity index is 444. The van der Waals surface area contributed by atoms with Gasteiger partial charge in [-0.2, -0.15) is 0 Å². The van der Waals surface area contributed by atoms with Gasteiger partial charge in [0.15, 0.2) is 0 Å². The number of anilines is 1. The zero-order chi connectivity index (χ0) is 14.5. The summed E-state index contributed by atoms with van der Waals surface area (Å²) in [6, 6.07) is 0. The minimum atomic E-state index is 0.485. The van der Waals surface area contributed by atoms with E-state index in [1.165, 1.54) is 0 Å². The van der Waals surface area contributed by atoms with E-state index >= 15 is 0 Å². The molecule has 0 atom stereocenters. The fraction of sp³-hybridized carbons (Fsp3) is 0.714. The highest BCUT2D eigenvalue weighted by Crippen LogP contribution is 2.39. The molecule has 0 spiro atoms. The summed E-state index contributed by atoms with van der Waals surface area (Å²) >= 11 is 6.26. The normalized spacial score (nSPS) is 14.6. The smallest absolute Gasteiger partial charge is 0.137 e. The molecule has 1 aromatic heterocycles. The lowest BCUT2D eigenvalue weighted by molar-refractivity contribution is 0.190. The standard InChI is InChI=1S/C14H22ClN3O2/c1-10-12(15)16-13(11-4-5-11)17-14(10)18(6-8-19-2)7-9-20-3/h11H,4-9H2,1-3H3. The third-order valence-corrected chi connectivity index (χ3v) is 3.82. The van der Waals surface area contributed by atoms with Crippen LogP contribution >= 0.6 is 11.6 Å². The van der Waals surface area contributed by atoms with Crippen LogP contribution < -0.4 is 4.90 Å². The van der Waals surface area contributed by atoms with Crippen LogP contribution in [0, 0.1) is 6.92 Å². The zero-order valence-electron chi connectivity index (χ0n) is 12.4. The van der Waals surface area contributed by atoms with E-state index in [-0.39, 0.29) is 0 Å². The molecule has 1 fully saturated rings. The van der Waals surface area contributed by atoms with Crippen LogP contribution in [0.25, 0.3) is 0 Å². The van der Waals surface area contributed by atoms with Gasteiger partial charge >= 0.3 is 0 Å². The summed E-state index contributed by atoms with van der Waals surface area (Å²) in [7, 11) is 3.40. The Kier molecular flexibility index (Phi) is 5.57. The van der Waals surface area contributed by atoms with E-state index in [0.29, 0.717) is 24.3 Å². The average Bonchev–Trinajstić information content (AvgIpc) is 3.27. The van der Waals surface area contributed by atoms with Crippen molar-refractivity contribution < 1.29 is 9.47 Å². The van der Waals surface area contributed by atoms with Crippen molar-refractivity contribution in [2.24, 2.45) is 0 Å². The van der Waals surface area contributed by atoms with Crippen LogP contribution in [0.15, 0.2) is 0 Å². The Hall–Kier alpha value is -0.910. The van der Waals surface area contributed by atoms with Gasteiger partial charge in [-0.05, 0) is 19.8 Å². The topological polar surface area (TPSA) is 47.5 Å². The largest absolute Gasteiger partial charge is 0.383 e. The molecule has 112 valence electrons. The second kappa shape index (κ2) is 7.20. The number of hydrogen-bond acceptors (Lipinski definition) is 5. The second-order valence-electron chi connectivity index (χ2n) is 5.07. The van der Waals surface area contributed by atoms with Gasteiger partial charge in [0.1, 0.15) is 16.8 Å². The van der Waals surface area contributed by atoms with Gasteiger partial charge in [0.25, 0.3) is 0 Å². The molecular formula is C14H22ClN3O2. The molecule has 0 unspecified atom stereocenters. The van der Waals surface area contributed by atoms with Gasteiger partial charge in [0.2, 0.25) is 0 Å². The summed E-state index contributed by atoms with van der Waals surface area (Å²) in [5.41, 5.74) is 0.920. The quantitative estimate of drug-likeness (QED) is 0.690. The lowest BCUT2D eigenvalue weighted by Gasteiger charge is -2.25. The molecule has 0 N–H and O–H groups in total. The van der Waals surface area contributed by atoms with Crippen LogP contribution in [0.4, 0.5) is 5.82 Å². The van der Waals surface area contributed by atoms with Crippen molar-refractivity contribution >= 4 is 17.4 Å². The van der Waals surface area contributed by atoms with Crippen LogP contribution in [0.5, 0.6) is 0 Å². The van der Waals surface area contributed by atoms with Crippen molar-refractivity contribution in [2.75, 3.05) is 45.4 Å². The maximum absolute atomic E-state index is 6.26. The second-order valence-corrected chi connectivity index (χ2v) is 5.43. The Morgan fingerprint density at radius 3 is 2.25 bits per heavy atom. The molecule has 0 bridgehead atoms. The summed E-state index contributed by atoms with van der Waals surface area (Å²) in [6.07, 6.45) is 2.32. The van der Waals surface area contributed by atoms with Crippen LogP contribution in [0.2, 0.25) is 5.15 Å². The summed E-state index contributed by atoms with van der Waals surface area (Å²) in [4.78, 5) is 11.3. The summed E-state index contributed by atoms with van der Waals surface area (Å²) in [5.74, 6) is 2.26. The summed E-state index contributed by atoms with van der Waals surface area (Å²) in [5, 5.41) is 0.553. The number of halogens is 1. The number of rotatable bonds is 8. The maximum Gasteiger partial charge on any atom is 0.137 e. The lowest BCUT2D eigenvalue weighted by Crippen LogP contribution is -2.32. The van der Waals surface area contributed by atoms with Crippen LogP contribution in [-0.2, 0) is 9.47 Å². The van der Waals surface area contributed by atoms with E-state index in [9.17, 15) is 0 Å². The molecule has 20 heavy (non-hydrogen) atoms. The molecule has 1 heterocycles. The van der Waals surface area contributed by atoms with Crippen LogP contribution in [-0.4, -0.2) is 50.5 Å². The van der Waals surface area contributed by atoms with Gasteiger partial charge in [-0.3, -0.25) is 0 Å². The highest BCUT2D eigenvalue weighted by atomic mass is 35.5. The van der Waals surface area contributed by atoms with E-state index < -0.39 is 0 Å². The third kappa shape index (κ3) is 3.81.